The number of hydrogen-bond acceptors (Lipinski definition) is 1. The van der Waals surface area contributed by atoms with E-state index in [-0.39, 0.29) is 5.91 Å². The van der Waals surface area contributed by atoms with Crippen LogP contribution in [-0.2, 0) is 15.5 Å². The third-order valence-corrected chi connectivity index (χ3v) is 4.85. The molecule has 1 amide bonds. The molecule has 3 rings (SSSR count). The highest BCUT2D eigenvalue weighted by Crippen LogP contribution is 2.45. The summed E-state index contributed by atoms with van der Waals surface area (Å²) in [4.78, 5) is 12.4. The van der Waals surface area contributed by atoms with Gasteiger partial charge in [-0.05, 0) is 36.2 Å². The largest absolute Gasteiger partial charge is 0.324 e. The van der Waals surface area contributed by atoms with Crippen LogP contribution >= 0.6 is 27.5 Å². The molecular formula is C16H13BrClNO. The molecule has 0 fully saturated rings. The number of aryl methyl sites for hydroxylation is 1. The van der Waals surface area contributed by atoms with Crippen LogP contribution in [0.15, 0.2) is 42.5 Å². The van der Waals surface area contributed by atoms with Crippen LogP contribution in [0.4, 0.5) is 5.69 Å². The Balaban J connectivity index is 2.02. The van der Waals surface area contributed by atoms with Crippen LogP contribution in [0.2, 0.25) is 5.02 Å². The summed E-state index contributed by atoms with van der Waals surface area (Å²) in [6, 6.07) is 13.6. The maximum atomic E-state index is 12.4. The number of fused-ring (bicyclic) bond motifs is 1. The molecule has 1 atom stereocenters. The Morgan fingerprint density at radius 2 is 2.05 bits per heavy atom. The molecule has 20 heavy (non-hydrogen) atoms. The van der Waals surface area contributed by atoms with Crippen molar-refractivity contribution in [2.24, 2.45) is 0 Å². The number of hydrogen-bond donors (Lipinski definition) is 1. The second-order valence-corrected chi connectivity index (χ2v) is 6.90. The van der Waals surface area contributed by atoms with Gasteiger partial charge in [-0.25, -0.2) is 0 Å². The standard InChI is InChI=1S/C16H13BrClNO/c1-10-5-6-13-14(7-10)19-15(20)16(13,17)9-11-3-2-4-12(18)8-11/h2-8H,9H2,1H3,(H,19,20). The molecule has 1 heterocycles. The van der Waals surface area contributed by atoms with E-state index in [1.807, 2.05) is 49.4 Å². The number of halogens is 2. The lowest BCUT2D eigenvalue weighted by Crippen LogP contribution is -2.30. The number of amides is 1. The minimum Gasteiger partial charge on any atom is -0.324 e. The summed E-state index contributed by atoms with van der Waals surface area (Å²) in [6.45, 7) is 2.01. The second-order valence-electron chi connectivity index (χ2n) is 5.11. The summed E-state index contributed by atoms with van der Waals surface area (Å²) in [7, 11) is 0. The highest BCUT2D eigenvalue weighted by molar-refractivity contribution is 9.10. The van der Waals surface area contributed by atoms with Crippen LogP contribution in [0.25, 0.3) is 0 Å². The summed E-state index contributed by atoms with van der Waals surface area (Å²) < 4.78 is -0.722. The summed E-state index contributed by atoms with van der Waals surface area (Å²) in [5.74, 6) is -0.0296. The van der Waals surface area contributed by atoms with E-state index in [9.17, 15) is 4.79 Å². The first kappa shape index (κ1) is 13.7. The van der Waals surface area contributed by atoms with Gasteiger partial charge < -0.3 is 5.32 Å². The van der Waals surface area contributed by atoms with Crippen molar-refractivity contribution in [3.05, 3.63) is 64.2 Å². The van der Waals surface area contributed by atoms with Crippen molar-refractivity contribution in [1.29, 1.82) is 0 Å². The van der Waals surface area contributed by atoms with Gasteiger partial charge in [0.25, 0.3) is 0 Å². The average molecular weight is 351 g/mol. The molecule has 1 aliphatic rings. The van der Waals surface area contributed by atoms with Gasteiger partial charge in [-0.3, -0.25) is 4.79 Å². The first-order chi connectivity index (χ1) is 9.49. The third kappa shape index (κ3) is 2.25. The van der Waals surface area contributed by atoms with E-state index in [1.54, 1.807) is 0 Å². The van der Waals surface area contributed by atoms with Crippen LogP contribution in [0.1, 0.15) is 16.7 Å². The summed E-state index contributed by atoms with van der Waals surface area (Å²) in [6.07, 6.45) is 0.565. The topological polar surface area (TPSA) is 29.1 Å². The number of anilines is 1. The normalized spacial score (nSPS) is 20.6. The van der Waals surface area contributed by atoms with E-state index < -0.39 is 4.32 Å². The van der Waals surface area contributed by atoms with Gasteiger partial charge in [0.15, 0.2) is 0 Å². The SMILES string of the molecule is Cc1ccc2c(c1)NC(=O)C2(Br)Cc1cccc(Cl)c1. The van der Waals surface area contributed by atoms with Crippen molar-refractivity contribution in [3.8, 4) is 0 Å². The van der Waals surface area contributed by atoms with Crippen molar-refractivity contribution >= 4 is 39.1 Å². The highest BCUT2D eigenvalue weighted by atomic mass is 79.9. The lowest BCUT2D eigenvalue weighted by atomic mass is 9.92. The molecule has 102 valence electrons. The Bertz CT molecular complexity index is 701. The molecular weight excluding hydrogens is 338 g/mol. The van der Waals surface area contributed by atoms with Gasteiger partial charge in [-0.2, -0.15) is 0 Å². The zero-order chi connectivity index (χ0) is 14.3. The molecule has 2 aromatic rings. The zero-order valence-electron chi connectivity index (χ0n) is 10.9. The van der Waals surface area contributed by atoms with Crippen molar-refractivity contribution in [2.45, 2.75) is 17.7 Å². The number of carbonyl (C=O) groups is 1. The lowest BCUT2D eigenvalue weighted by molar-refractivity contribution is -0.117. The fraction of sp³-hybridized carbons (Fsp3) is 0.188. The van der Waals surface area contributed by atoms with Crippen LogP contribution < -0.4 is 5.32 Å². The van der Waals surface area contributed by atoms with Crippen LogP contribution in [0.5, 0.6) is 0 Å². The molecule has 2 aromatic carbocycles. The smallest absolute Gasteiger partial charge is 0.246 e. The van der Waals surface area contributed by atoms with E-state index in [1.165, 1.54) is 0 Å². The number of rotatable bonds is 2. The fourth-order valence-electron chi connectivity index (χ4n) is 2.55. The van der Waals surface area contributed by atoms with E-state index in [4.69, 9.17) is 11.6 Å². The van der Waals surface area contributed by atoms with Gasteiger partial charge in [0.05, 0.1) is 0 Å². The Hall–Kier alpha value is -1.32. The van der Waals surface area contributed by atoms with Gasteiger partial charge in [-0.1, -0.05) is 51.8 Å². The average Bonchev–Trinajstić information content (AvgIpc) is 2.60. The van der Waals surface area contributed by atoms with Gasteiger partial charge in [-0.15, -0.1) is 0 Å². The van der Waals surface area contributed by atoms with E-state index in [0.717, 1.165) is 22.4 Å². The minimum absolute atomic E-state index is 0.0296. The van der Waals surface area contributed by atoms with Crippen molar-refractivity contribution in [2.75, 3.05) is 5.32 Å². The predicted octanol–water partition coefficient (Wildman–Crippen LogP) is 4.43. The fourth-order valence-corrected chi connectivity index (χ4v) is 3.54. The van der Waals surface area contributed by atoms with Crippen molar-refractivity contribution < 1.29 is 4.79 Å². The van der Waals surface area contributed by atoms with Crippen LogP contribution in [0.3, 0.4) is 0 Å². The summed E-state index contributed by atoms with van der Waals surface area (Å²) in [5, 5.41) is 3.63. The maximum Gasteiger partial charge on any atom is 0.246 e. The Labute approximate surface area is 131 Å². The Kier molecular flexibility index (Phi) is 3.35. The Morgan fingerprint density at radius 1 is 1.25 bits per heavy atom. The van der Waals surface area contributed by atoms with E-state index in [2.05, 4.69) is 21.2 Å². The first-order valence-corrected chi connectivity index (χ1v) is 7.52. The number of alkyl halides is 1. The molecule has 0 saturated heterocycles. The highest BCUT2D eigenvalue weighted by Gasteiger charge is 2.44. The molecule has 1 N–H and O–H groups in total. The van der Waals surface area contributed by atoms with Crippen molar-refractivity contribution in [1.82, 2.24) is 0 Å². The van der Waals surface area contributed by atoms with Crippen molar-refractivity contribution in [3.63, 3.8) is 0 Å². The van der Waals surface area contributed by atoms with Gasteiger partial charge >= 0.3 is 0 Å². The first-order valence-electron chi connectivity index (χ1n) is 6.35. The van der Waals surface area contributed by atoms with E-state index in [0.29, 0.717) is 11.4 Å². The number of carbonyl (C=O) groups excluding carboxylic acids is 1. The minimum atomic E-state index is -0.722. The predicted molar refractivity (Wildman–Crippen MR) is 85.6 cm³/mol. The van der Waals surface area contributed by atoms with E-state index >= 15 is 0 Å². The molecule has 0 aliphatic carbocycles. The number of nitrogens with one attached hydrogen (secondary N) is 1. The molecule has 1 unspecified atom stereocenters. The Morgan fingerprint density at radius 3 is 2.80 bits per heavy atom. The zero-order valence-corrected chi connectivity index (χ0v) is 13.3. The molecule has 0 aromatic heterocycles. The molecule has 4 heteroatoms. The molecule has 0 radical (unpaired) electrons. The summed E-state index contributed by atoms with van der Waals surface area (Å²) >= 11 is 9.66. The van der Waals surface area contributed by atoms with Crippen LogP contribution in [0, 0.1) is 6.92 Å². The van der Waals surface area contributed by atoms with Gasteiger partial charge in [0, 0.05) is 22.7 Å². The van der Waals surface area contributed by atoms with Gasteiger partial charge in [0.1, 0.15) is 4.32 Å². The molecule has 1 aliphatic heterocycles. The molecule has 0 bridgehead atoms. The number of benzene rings is 2. The molecule has 2 nitrogen and oxygen atoms in total. The molecule has 0 spiro atoms. The van der Waals surface area contributed by atoms with Crippen LogP contribution in [-0.4, -0.2) is 5.91 Å². The monoisotopic (exact) mass is 349 g/mol. The quantitative estimate of drug-likeness (QED) is 0.797. The second kappa shape index (κ2) is 4.90. The lowest BCUT2D eigenvalue weighted by Gasteiger charge is -2.20. The third-order valence-electron chi connectivity index (χ3n) is 3.55. The van der Waals surface area contributed by atoms with Gasteiger partial charge in [0.2, 0.25) is 5.91 Å². The molecule has 0 saturated carbocycles. The maximum absolute atomic E-state index is 12.4. The summed E-state index contributed by atoms with van der Waals surface area (Å²) in [5.41, 5.74) is 4.02.